The average molecular weight is 304 g/mol. The number of halogens is 2. The lowest BCUT2D eigenvalue weighted by atomic mass is 9.98. The van der Waals surface area contributed by atoms with E-state index in [-0.39, 0.29) is 18.3 Å². The monoisotopic (exact) mass is 303 g/mol. The molecule has 1 aromatic rings. The van der Waals surface area contributed by atoms with Crippen LogP contribution in [0.2, 0.25) is 0 Å². The maximum atomic E-state index is 13.0. The van der Waals surface area contributed by atoms with Crippen LogP contribution in [0.5, 0.6) is 0 Å². The van der Waals surface area contributed by atoms with Gasteiger partial charge in [-0.1, -0.05) is 15.9 Å². The molecular weight excluding hydrogens is 289 g/mol. The van der Waals surface area contributed by atoms with Crippen LogP contribution in [0, 0.1) is 11.2 Å². The maximum Gasteiger partial charge on any atom is 0.329 e. The van der Waals surface area contributed by atoms with E-state index in [0.29, 0.717) is 10.0 Å². The summed E-state index contributed by atoms with van der Waals surface area (Å²) in [6.45, 7) is 5.54. The van der Waals surface area contributed by atoms with Gasteiger partial charge in [0, 0.05) is 4.47 Å². The first-order valence-electron chi connectivity index (χ1n) is 5.18. The SMILES string of the molecule is CC(C)(C)C(=O)ONCc1cc(F)cc(Br)c1. The Morgan fingerprint density at radius 1 is 1.41 bits per heavy atom. The van der Waals surface area contributed by atoms with Gasteiger partial charge in [-0.2, -0.15) is 0 Å². The van der Waals surface area contributed by atoms with Crippen molar-refractivity contribution in [3.8, 4) is 0 Å². The van der Waals surface area contributed by atoms with Gasteiger partial charge >= 0.3 is 5.97 Å². The molecule has 0 aliphatic rings. The molecule has 0 saturated heterocycles. The van der Waals surface area contributed by atoms with Gasteiger partial charge in [-0.25, -0.2) is 9.18 Å². The molecule has 0 bridgehead atoms. The fourth-order valence-electron chi connectivity index (χ4n) is 1.05. The number of hydrogen-bond acceptors (Lipinski definition) is 3. The van der Waals surface area contributed by atoms with Crippen LogP contribution in [0.25, 0.3) is 0 Å². The van der Waals surface area contributed by atoms with Crippen LogP contribution >= 0.6 is 15.9 Å². The van der Waals surface area contributed by atoms with Gasteiger partial charge in [-0.3, -0.25) is 0 Å². The lowest BCUT2D eigenvalue weighted by Crippen LogP contribution is -2.29. The standard InChI is InChI=1S/C12H15BrFNO2/c1-12(2,3)11(16)17-15-7-8-4-9(13)6-10(14)5-8/h4-6,15H,7H2,1-3H3. The Morgan fingerprint density at radius 3 is 2.59 bits per heavy atom. The fraction of sp³-hybridized carbons (Fsp3) is 0.417. The van der Waals surface area contributed by atoms with Crippen LogP contribution in [-0.4, -0.2) is 5.97 Å². The second-order valence-corrected chi connectivity index (χ2v) is 5.65. The highest BCUT2D eigenvalue weighted by Gasteiger charge is 2.23. The van der Waals surface area contributed by atoms with Gasteiger partial charge in [0.2, 0.25) is 0 Å². The first-order chi connectivity index (χ1) is 7.79. The van der Waals surface area contributed by atoms with Crippen molar-refractivity contribution in [2.75, 3.05) is 0 Å². The van der Waals surface area contributed by atoms with Crippen molar-refractivity contribution in [2.45, 2.75) is 27.3 Å². The summed E-state index contributed by atoms with van der Waals surface area (Å²) in [6, 6.07) is 4.49. The van der Waals surface area contributed by atoms with Crippen molar-refractivity contribution in [1.29, 1.82) is 0 Å². The van der Waals surface area contributed by atoms with Crippen LogP contribution in [0.1, 0.15) is 26.3 Å². The summed E-state index contributed by atoms with van der Waals surface area (Å²) in [5, 5.41) is 0. The molecule has 17 heavy (non-hydrogen) atoms. The van der Waals surface area contributed by atoms with Crippen LogP contribution in [-0.2, 0) is 16.2 Å². The van der Waals surface area contributed by atoms with E-state index in [4.69, 9.17) is 4.84 Å². The molecule has 0 spiro atoms. The molecule has 0 heterocycles. The summed E-state index contributed by atoms with van der Waals surface area (Å²) in [5.74, 6) is -0.689. The normalized spacial score (nSPS) is 11.4. The van der Waals surface area contributed by atoms with E-state index in [2.05, 4.69) is 21.4 Å². The summed E-state index contributed by atoms with van der Waals surface area (Å²) >= 11 is 3.19. The van der Waals surface area contributed by atoms with Crippen molar-refractivity contribution in [1.82, 2.24) is 5.48 Å². The minimum absolute atomic E-state index is 0.262. The number of carbonyl (C=O) groups excluding carboxylic acids is 1. The zero-order valence-corrected chi connectivity index (χ0v) is 11.6. The van der Waals surface area contributed by atoms with Gasteiger partial charge in [0.25, 0.3) is 0 Å². The lowest BCUT2D eigenvalue weighted by Gasteiger charge is -2.16. The summed E-state index contributed by atoms with van der Waals surface area (Å²) in [6.07, 6.45) is 0. The van der Waals surface area contributed by atoms with E-state index >= 15 is 0 Å². The summed E-state index contributed by atoms with van der Waals surface area (Å²) in [4.78, 5) is 16.3. The van der Waals surface area contributed by atoms with Gasteiger partial charge in [0.15, 0.2) is 0 Å². The number of benzene rings is 1. The third-order valence-corrected chi connectivity index (χ3v) is 2.43. The number of rotatable bonds is 3. The van der Waals surface area contributed by atoms with E-state index in [1.54, 1.807) is 26.8 Å². The van der Waals surface area contributed by atoms with Gasteiger partial charge in [0.05, 0.1) is 12.0 Å². The minimum Gasteiger partial charge on any atom is -0.370 e. The first kappa shape index (κ1) is 14.1. The predicted molar refractivity (Wildman–Crippen MR) is 66.5 cm³/mol. The molecule has 0 unspecified atom stereocenters. The third-order valence-electron chi connectivity index (χ3n) is 1.98. The topological polar surface area (TPSA) is 38.3 Å². The smallest absolute Gasteiger partial charge is 0.329 e. The molecule has 5 heteroatoms. The highest BCUT2D eigenvalue weighted by atomic mass is 79.9. The molecule has 1 aromatic carbocycles. The molecule has 0 amide bonds. The molecule has 0 aliphatic heterocycles. The molecule has 0 saturated carbocycles. The maximum absolute atomic E-state index is 13.0. The zero-order valence-electron chi connectivity index (χ0n) is 10.0. The van der Waals surface area contributed by atoms with Crippen LogP contribution < -0.4 is 5.48 Å². The van der Waals surface area contributed by atoms with Crippen molar-refractivity contribution in [2.24, 2.45) is 5.41 Å². The van der Waals surface area contributed by atoms with Crippen molar-refractivity contribution < 1.29 is 14.0 Å². The van der Waals surface area contributed by atoms with Gasteiger partial charge in [0.1, 0.15) is 5.82 Å². The molecule has 0 atom stereocenters. The summed E-state index contributed by atoms with van der Waals surface area (Å²) in [5.41, 5.74) is 2.66. The van der Waals surface area contributed by atoms with E-state index in [1.807, 2.05) is 0 Å². The molecule has 0 aromatic heterocycles. The number of nitrogens with one attached hydrogen (secondary N) is 1. The largest absolute Gasteiger partial charge is 0.370 e. The van der Waals surface area contributed by atoms with E-state index < -0.39 is 5.41 Å². The van der Waals surface area contributed by atoms with Crippen molar-refractivity contribution in [3.63, 3.8) is 0 Å². The van der Waals surface area contributed by atoms with E-state index in [9.17, 15) is 9.18 Å². The van der Waals surface area contributed by atoms with Crippen LogP contribution in [0.3, 0.4) is 0 Å². The van der Waals surface area contributed by atoms with Crippen molar-refractivity contribution >= 4 is 21.9 Å². The Bertz CT molecular complexity index is 395. The highest BCUT2D eigenvalue weighted by Crippen LogP contribution is 2.16. The van der Waals surface area contributed by atoms with Crippen molar-refractivity contribution in [3.05, 3.63) is 34.1 Å². The molecule has 1 N–H and O–H groups in total. The Balaban J connectivity index is 2.49. The summed E-state index contributed by atoms with van der Waals surface area (Å²) in [7, 11) is 0. The molecule has 1 rings (SSSR count). The molecule has 94 valence electrons. The minimum atomic E-state index is -0.560. The quantitative estimate of drug-likeness (QED) is 0.872. The zero-order chi connectivity index (χ0) is 13.1. The number of hydrogen-bond donors (Lipinski definition) is 1. The van der Waals surface area contributed by atoms with E-state index in [1.165, 1.54) is 12.1 Å². The van der Waals surface area contributed by atoms with Gasteiger partial charge < -0.3 is 4.84 Å². The second-order valence-electron chi connectivity index (χ2n) is 4.74. The Hall–Kier alpha value is -0.940. The molecule has 0 radical (unpaired) electrons. The van der Waals surface area contributed by atoms with Crippen LogP contribution in [0.15, 0.2) is 22.7 Å². The molecular formula is C12H15BrFNO2. The predicted octanol–water partition coefficient (Wildman–Crippen LogP) is 3.18. The Morgan fingerprint density at radius 2 is 2.06 bits per heavy atom. The average Bonchev–Trinajstić information content (AvgIpc) is 2.14. The number of carbonyl (C=O) groups is 1. The third kappa shape index (κ3) is 4.83. The molecule has 3 nitrogen and oxygen atoms in total. The first-order valence-corrected chi connectivity index (χ1v) is 5.97. The van der Waals surface area contributed by atoms with E-state index in [0.717, 1.165) is 0 Å². The Labute approximate surface area is 108 Å². The highest BCUT2D eigenvalue weighted by molar-refractivity contribution is 9.10. The van der Waals surface area contributed by atoms with Crippen LogP contribution in [0.4, 0.5) is 4.39 Å². The second kappa shape index (κ2) is 5.60. The van der Waals surface area contributed by atoms with Gasteiger partial charge in [-0.15, -0.1) is 5.48 Å². The molecule has 0 aliphatic carbocycles. The lowest BCUT2D eigenvalue weighted by molar-refractivity contribution is -0.161. The van der Waals surface area contributed by atoms with Gasteiger partial charge in [-0.05, 0) is 44.5 Å². The molecule has 0 fully saturated rings. The summed E-state index contributed by atoms with van der Waals surface area (Å²) < 4.78 is 13.7. The Kier molecular flexibility index (Phi) is 4.65. The fourth-order valence-corrected chi connectivity index (χ4v) is 1.56. The number of hydroxylamine groups is 1.